The van der Waals surface area contributed by atoms with Crippen molar-refractivity contribution in [2.75, 3.05) is 13.1 Å². The van der Waals surface area contributed by atoms with Crippen molar-refractivity contribution in [3.05, 3.63) is 33.8 Å². The molecule has 0 bridgehead atoms. The molecule has 2 rings (SSSR count). The Morgan fingerprint density at radius 1 is 1.18 bits per heavy atom. The molecule has 0 aliphatic carbocycles. The highest BCUT2D eigenvalue weighted by Crippen LogP contribution is 2.26. The normalized spacial score (nSPS) is 16.7. The number of halogens is 2. The van der Waals surface area contributed by atoms with Crippen LogP contribution in [0.1, 0.15) is 39.2 Å². The highest BCUT2D eigenvalue weighted by Gasteiger charge is 2.26. The molecule has 1 aliphatic heterocycles. The van der Waals surface area contributed by atoms with E-state index in [9.17, 15) is 4.79 Å². The second-order valence-corrected chi connectivity index (χ2v) is 7.77. The van der Waals surface area contributed by atoms with Gasteiger partial charge in [-0.05, 0) is 69.7 Å². The Kier molecular flexibility index (Phi) is 5.62. The third kappa shape index (κ3) is 5.36. The van der Waals surface area contributed by atoms with Crippen LogP contribution in [-0.2, 0) is 11.2 Å². The average molecular weight is 344 g/mol. The minimum Gasteiger partial charge on any atom is -0.444 e. The molecule has 122 valence electrons. The lowest BCUT2D eigenvalue weighted by atomic mass is 9.90. The standard InChI is InChI=1S/C17H23Cl2NO2/c1-17(2,3)22-16(21)20-6-4-12(5-7-20)8-13-9-14(18)11-15(19)10-13/h9-12H,4-8H2,1-3H3. The van der Waals surface area contributed by atoms with Gasteiger partial charge < -0.3 is 9.64 Å². The molecule has 0 atom stereocenters. The summed E-state index contributed by atoms with van der Waals surface area (Å²) in [4.78, 5) is 13.8. The maximum atomic E-state index is 12.0. The molecule has 0 saturated carbocycles. The van der Waals surface area contributed by atoms with Gasteiger partial charge in [-0.25, -0.2) is 4.79 Å². The van der Waals surface area contributed by atoms with Crippen molar-refractivity contribution in [3.8, 4) is 0 Å². The van der Waals surface area contributed by atoms with Gasteiger partial charge in [-0.3, -0.25) is 0 Å². The Bertz CT molecular complexity index is 512. The predicted molar refractivity (Wildman–Crippen MR) is 90.7 cm³/mol. The quantitative estimate of drug-likeness (QED) is 0.739. The number of amides is 1. The molecule has 1 aromatic carbocycles. The molecule has 0 unspecified atom stereocenters. The lowest BCUT2D eigenvalue weighted by Crippen LogP contribution is -2.42. The zero-order chi connectivity index (χ0) is 16.3. The first-order chi connectivity index (χ1) is 10.2. The fourth-order valence-corrected chi connectivity index (χ4v) is 3.28. The number of ether oxygens (including phenoxy) is 1. The van der Waals surface area contributed by atoms with Crippen molar-refractivity contribution in [2.45, 2.75) is 45.6 Å². The number of hydrogen-bond acceptors (Lipinski definition) is 2. The third-order valence-corrected chi connectivity index (χ3v) is 4.15. The van der Waals surface area contributed by atoms with E-state index in [0.717, 1.165) is 37.9 Å². The van der Waals surface area contributed by atoms with Crippen molar-refractivity contribution in [2.24, 2.45) is 5.92 Å². The van der Waals surface area contributed by atoms with E-state index in [1.165, 1.54) is 0 Å². The Morgan fingerprint density at radius 2 is 1.73 bits per heavy atom. The van der Waals surface area contributed by atoms with Gasteiger partial charge in [0.25, 0.3) is 0 Å². The van der Waals surface area contributed by atoms with Crippen LogP contribution in [-0.4, -0.2) is 29.7 Å². The van der Waals surface area contributed by atoms with E-state index in [1.807, 2.05) is 32.9 Å². The second kappa shape index (κ2) is 7.10. The molecule has 22 heavy (non-hydrogen) atoms. The molecule has 1 fully saturated rings. The van der Waals surface area contributed by atoms with Crippen molar-refractivity contribution < 1.29 is 9.53 Å². The molecule has 0 aromatic heterocycles. The van der Waals surface area contributed by atoms with Crippen LogP contribution in [0.15, 0.2) is 18.2 Å². The summed E-state index contributed by atoms with van der Waals surface area (Å²) in [5.74, 6) is 0.549. The monoisotopic (exact) mass is 343 g/mol. The number of carbonyl (C=O) groups is 1. The van der Waals surface area contributed by atoms with Crippen LogP contribution < -0.4 is 0 Å². The molecule has 1 amide bonds. The maximum absolute atomic E-state index is 12.0. The summed E-state index contributed by atoms with van der Waals surface area (Å²) in [5.41, 5.74) is 0.721. The molecule has 1 aliphatic rings. The molecule has 5 heteroatoms. The molecule has 1 aromatic rings. The van der Waals surface area contributed by atoms with Crippen molar-refractivity contribution in [1.82, 2.24) is 4.90 Å². The first kappa shape index (κ1) is 17.4. The van der Waals surface area contributed by atoms with E-state index < -0.39 is 5.60 Å². The van der Waals surface area contributed by atoms with Crippen LogP contribution in [0.3, 0.4) is 0 Å². The van der Waals surface area contributed by atoms with Gasteiger partial charge in [0.15, 0.2) is 0 Å². The summed E-state index contributed by atoms with van der Waals surface area (Å²) >= 11 is 12.1. The van der Waals surface area contributed by atoms with E-state index in [-0.39, 0.29) is 6.09 Å². The van der Waals surface area contributed by atoms with Crippen LogP contribution in [0.25, 0.3) is 0 Å². The van der Waals surface area contributed by atoms with Gasteiger partial charge in [0.05, 0.1) is 0 Å². The molecule has 0 spiro atoms. The summed E-state index contributed by atoms with van der Waals surface area (Å²) in [6.45, 7) is 7.16. The van der Waals surface area contributed by atoms with Gasteiger partial charge in [0, 0.05) is 23.1 Å². The van der Waals surface area contributed by atoms with Gasteiger partial charge in [-0.2, -0.15) is 0 Å². The fraction of sp³-hybridized carbons (Fsp3) is 0.588. The van der Waals surface area contributed by atoms with E-state index in [1.54, 1.807) is 11.0 Å². The van der Waals surface area contributed by atoms with Crippen LogP contribution in [0, 0.1) is 5.92 Å². The van der Waals surface area contributed by atoms with Crippen LogP contribution in [0.2, 0.25) is 10.0 Å². The summed E-state index contributed by atoms with van der Waals surface area (Å²) < 4.78 is 5.41. The first-order valence-corrected chi connectivity index (χ1v) is 8.41. The first-order valence-electron chi connectivity index (χ1n) is 7.66. The highest BCUT2D eigenvalue weighted by atomic mass is 35.5. The predicted octanol–water partition coefficient (Wildman–Crippen LogP) is 5.18. The Morgan fingerprint density at radius 3 is 2.23 bits per heavy atom. The minimum absolute atomic E-state index is 0.211. The molecule has 3 nitrogen and oxygen atoms in total. The van der Waals surface area contributed by atoms with Crippen LogP contribution >= 0.6 is 23.2 Å². The number of piperidine rings is 1. The SMILES string of the molecule is CC(C)(C)OC(=O)N1CCC(Cc2cc(Cl)cc(Cl)c2)CC1. The number of rotatable bonds is 2. The third-order valence-electron chi connectivity index (χ3n) is 3.71. The van der Waals surface area contributed by atoms with Crippen molar-refractivity contribution in [3.63, 3.8) is 0 Å². The molecule has 1 heterocycles. The number of hydrogen-bond donors (Lipinski definition) is 0. The van der Waals surface area contributed by atoms with Crippen molar-refractivity contribution in [1.29, 1.82) is 0 Å². The molecule has 1 saturated heterocycles. The summed E-state index contributed by atoms with van der Waals surface area (Å²) in [7, 11) is 0. The topological polar surface area (TPSA) is 29.5 Å². The minimum atomic E-state index is -0.439. The molecule has 0 N–H and O–H groups in total. The number of nitrogens with zero attached hydrogens (tertiary/aromatic N) is 1. The van der Waals surface area contributed by atoms with E-state index in [2.05, 4.69) is 0 Å². The zero-order valence-corrected chi connectivity index (χ0v) is 14.9. The lowest BCUT2D eigenvalue weighted by molar-refractivity contribution is 0.0184. The van der Waals surface area contributed by atoms with Gasteiger partial charge in [-0.15, -0.1) is 0 Å². The van der Waals surface area contributed by atoms with Gasteiger partial charge in [0.1, 0.15) is 5.60 Å². The highest BCUT2D eigenvalue weighted by molar-refractivity contribution is 6.34. The Labute approximate surface area is 142 Å². The smallest absolute Gasteiger partial charge is 0.410 e. The summed E-state index contributed by atoms with van der Waals surface area (Å²) in [6, 6.07) is 5.68. The van der Waals surface area contributed by atoms with Crippen LogP contribution in [0.5, 0.6) is 0 Å². The van der Waals surface area contributed by atoms with Crippen molar-refractivity contribution >= 4 is 29.3 Å². The van der Waals surface area contributed by atoms with E-state index in [4.69, 9.17) is 27.9 Å². The Balaban J connectivity index is 1.86. The molecular formula is C17H23Cl2NO2. The van der Waals surface area contributed by atoms with Gasteiger partial charge in [-0.1, -0.05) is 23.2 Å². The Hall–Kier alpha value is -0.930. The maximum Gasteiger partial charge on any atom is 0.410 e. The van der Waals surface area contributed by atoms with Crippen LogP contribution in [0.4, 0.5) is 4.79 Å². The fourth-order valence-electron chi connectivity index (χ4n) is 2.71. The van der Waals surface area contributed by atoms with Gasteiger partial charge in [0.2, 0.25) is 0 Å². The largest absolute Gasteiger partial charge is 0.444 e. The summed E-state index contributed by atoms with van der Waals surface area (Å²) in [6.07, 6.45) is 2.69. The van der Waals surface area contributed by atoms with Gasteiger partial charge >= 0.3 is 6.09 Å². The molecular weight excluding hydrogens is 321 g/mol. The number of carbonyl (C=O) groups excluding carboxylic acids is 1. The van der Waals surface area contributed by atoms with E-state index in [0.29, 0.717) is 16.0 Å². The average Bonchev–Trinajstić information content (AvgIpc) is 2.36. The second-order valence-electron chi connectivity index (χ2n) is 6.89. The summed E-state index contributed by atoms with van der Waals surface area (Å²) in [5, 5.41) is 1.35. The number of likely N-dealkylation sites (tertiary alicyclic amines) is 1. The molecule has 0 radical (unpaired) electrons. The zero-order valence-electron chi connectivity index (χ0n) is 13.4. The number of benzene rings is 1. The lowest BCUT2D eigenvalue weighted by Gasteiger charge is -2.33. The van der Waals surface area contributed by atoms with E-state index >= 15 is 0 Å².